The number of hydrogen-bond acceptors (Lipinski definition) is 2. The summed E-state index contributed by atoms with van der Waals surface area (Å²) in [5.74, 6) is 0. The van der Waals surface area contributed by atoms with Crippen LogP contribution in [0.2, 0.25) is 0 Å². The van der Waals surface area contributed by atoms with E-state index in [1.54, 1.807) is 6.07 Å². The molecule has 3 nitrogen and oxygen atoms in total. The molecule has 1 heterocycles. The van der Waals surface area contributed by atoms with Crippen LogP contribution in [0.5, 0.6) is 0 Å². The Hall–Kier alpha value is -2.29. The van der Waals surface area contributed by atoms with E-state index in [9.17, 15) is 4.79 Å². The summed E-state index contributed by atoms with van der Waals surface area (Å²) in [6, 6.07) is 5.43. The van der Waals surface area contributed by atoms with Gasteiger partial charge in [-0.15, -0.1) is 0 Å². The van der Waals surface area contributed by atoms with Gasteiger partial charge in [0.15, 0.2) is 5.43 Å². The normalized spacial score (nSPS) is 11.7. The number of hydrogen-bond donors (Lipinski definition) is 2. The Labute approximate surface area is 137 Å². The van der Waals surface area contributed by atoms with Crippen LogP contribution < -0.4 is 11.2 Å². The van der Waals surface area contributed by atoms with Crippen molar-refractivity contribution in [2.45, 2.75) is 47.0 Å². The van der Waals surface area contributed by atoms with Crippen molar-refractivity contribution in [2.24, 2.45) is 0 Å². The number of aryl methyl sites for hydroxylation is 1. The maximum Gasteiger partial charge on any atom is 0.193 e. The summed E-state index contributed by atoms with van der Waals surface area (Å²) in [4.78, 5) is 16.0. The van der Waals surface area contributed by atoms with Gasteiger partial charge in [-0.1, -0.05) is 23.3 Å². The zero-order valence-corrected chi connectivity index (χ0v) is 14.5. The van der Waals surface area contributed by atoms with Crippen molar-refractivity contribution in [1.82, 2.24) is 4.98 Å². The molecule has 23 heavy (non-hydrogen) atoms. The van der Waals surface area contributed by atoms with Gasteiger partial charge in [0, 0.05) is 27.8 Å². The fourth-order valence-corrected chi connectivity index (χ4v) is 2.68. The van der Waals surface area contributed by atoms with Gasteiger partial charge in [0.1, 0.15) is 0 Å². The standard InChI is InChI=1S/C20H26N2O/c1-13(2)6-5-7-14(3)8-10-17-15(4)22-19-11-9-16(21)12-18(19)20(17)23/h6,8-9,11-12H,5,7,10,21H2,1-4H3,(H,22,23)/b14-8+. The number of H-pyrrole nitrogens is 1. The maximum atomic E-state index is 12.7. The summed E-state index contributed by atoms with van der Waals surface area (Å²) in [7, 11) is 0. The molecular formula is C20H26N2O. The van der Waals surface area contributed by atoms with Crippen molar-refractivity contribution in [3.63, 3.8) is 0 Å². The van der Waals surface area contributed by atoms with Crippen LogP contribution in [-0.2, 0) is 6.42 Å². The minimum atomic E-state index is 0.0805. The van der Waals surface area contributed by atoms with E-state index in [4.69, 9.17) is 5.73 Å². The fraction of sp³-hybridized carbons (Fsp3) is 0.350. The Morgan fingerprint density at radius 2 is 1.96 bits per heavy atom. The van der Waals surface area contributed by atoms with Gasteiger partial charge in [-0.05, 0) is 65.2 Å². The molecule has 0 amide bonds. The summed E-state index contributed by atoms with van der Waals surface area (Å²) in [6.45, 7) is 8.31. The predicted molar refractivity (Wildman–Crippen MR) is 99.8 cm³/mol. The molecular weight excluding hydrogens is 284 g/mol. The number of nitrogen functional groups attached to an aromatic ring is 1. The third-order valence-electron chi connectivity index (χ3n) is 4.08. The van der Waals surface area contributed by atoms with Crippen molar-refractivity contribution in [3.8, 4) is 0 Å². The molecule has 2 aromatic rings. The number of anilines is 1. The second-order valence-electron chi connectivity index (χ2n) is 6.44. The molecule has 0 saturated carbocycles. The molecule has 0 fully saturated rings. The lowest BCUT2D eigenvalue weighted by Gasteiger charge is -2.08. The van der Waals surface area contributed by atoms with E-state index in [1.165, 1.54) is 11.1 Å². The second-order valence-corrected chi connectivity index (χ2v) is 6.44. The molecule has 0 aliphatic heterocycles. The summed E-state index contributed by atoms with van der Waals surface area (Å²) >= 11 is 0. The zero-order valence-electron chi connectivity index (χ0n) is 14.5. The Morgan fingerprint density at radius 1 is 1.22 bits per heavy atom. The number of nitrogens with one attached hydrogen (secondary N) is 1. The van der Waals surface area contributed by atoms with E-state index >= 15 is 0 Å². The third kappa shape index (κ3) is 4.35. The molecule has 122 valence electrons. The van der Waals surface area contributed by atoms with Gasteiger partial charge in [-0.2, -0.15) is 0 Å². The molecule has 3 N–H and O–H groups in total. The number of aromatic nitrogens is 1. The molecule has 0 unspecified atom stereocenters. The molecule has 0 aliphatic rings. The first-order valence-corrected chi connectivity index (χ1v) is 8.08. The molecule has 0 atom stereocenters. The van der Waals surface area contributed by atoms with Crippen molar-refractivity contribution in [2.75, 3.05) is 5.73 Å². The lowest BCUT2D eigenvalue weighted by molar-refractivity contribution is 0.952. The van der Waals surface area contributed by atoms with Crippen LogP contribution in [-0.4, -0.2) is 4.98 Å². The van der Waals surface area contributed by atoms with Crippen LogP contribution >= 0.6 is 0 Å². The highest BCUT2D eigenvalue weighted by atomic mass is 16.1. The number of nitrogens with two attached hydrogens (primary N) is 1. The minimum Gasteiger partial charge on any atom is -0.399 e. The molecule has 0 saturated heterocycles. The van der Waals surface area contributed by atoms with Gasteiger partial charge >= 0.3 is 0 Å². The quantitative estimate of drug-likeness (QED) is 0.623. The Kier molecular flexibility index (Phi) is 5.43. The van der Waals surface area contributed by atoms with E-state index in [1.807, 2.05) is 19.1 Å². The number of aromatic amines is 1. The van der Waals surface area contributed by atoms with Crippen LogP contribution in [0.1, 0.15) is 44.9 Å². The number of rotatable bonds is 5. The second kappa shape index (κ2) is 7.32. The first-order chi connectivity index (χ1) is 10.9. The third-order valence-corrected chi connectivity index (χ3v) is 4.08. The van der Waals surface area contributed by atoms with Crippen LogP contribution in [0.15, 0.2) is 46.3 Å². The van der Waals surface area contributed by atoms with Crippen molar-refractivity contribution in [1.29, 1.82) is 0 Å². The monoisotopic (exact) mass is 310 g/mol. The van der Waals surface area contributed by atoms with E-state index < -0.39 is 0 Å². The SMILES string of the molecule is CC(C)=CCC/C(C)=C/Cc1c(C)[nH]c2ccc(N)cc2c1=O. The van der Waals surface area contributed by atoms with E-state index in [0.29, 0.717) is 17.5 Å². The molecule has 1 aromatic carbocycles. The van der Waals surface area contributed by atoms with Crippen molar-refractivity contribution < 1.29 is 0 Å². The summed E-state index contributed by atoms with van der Waals surface area (Å²) < 4.78 is 0. The largest absolute Gasteiger partial charge is 0.399 e. The molecule has 0 radical (unpaired) electrons. The highest BCUT2D eigenvalue weighted by Crippen LogP contribution is 2.16. The van der Waals surface area contributed by atoms with Crippen LogP contribution in [0, 0.1) is 6.92 Å². The van der Waals surface area contributed by atoms with Gasteiger partial charge in [-0.25, -0.2) is 0 Å². The summed E-state index contributed by atoms with van der Waals surface area (Å²) in [5.41, 5.74) is 11.8. The lowest BCUT2D eigenvalue weighted by atomic mass is 10.0. The molecule has 1 aromatic heterocycles. The number of pyridine rings is 1. The maximum absolute atomic E-state index is 12.7. The predicted octanol–water partition coefficient (Wildman–Crippen LogP) is 4.65. The van der Waals surface area contributed by atoms with Crippen LogP contribution in [0.25, 0.3) is 10.9 Å². The van der Waals surface area contributed by atoms with Crippen molar-refractivity contribution in [3.05, 3.63) is 63.0 Å². The number of allylic oxidation sites excluding steroid dienone is 4. The lowest BCUT2D eigenvalue weighted by Crippen LogP contribution is -2.13. The van der Waals surface area contributed by atoms with Gasteiger partial charge in [-0.3, -0.25) is 4.79 Å². The Bertz CT molecular complexity index is 821. The summed E-state index contributed by atoms with van der Waals surface area (Å²) in [5, 5.41) is 0.668. The average molecular weight is 310 g/mol. The Balaban J connectivity index is 2.26. The first-order valence-electron chi connectivity index (χ1n) is 8.08. The van der Waals surface area contributed by atoms with Gasteiger partial charge in [0.25, 0.3) is 0 Å². The van der Waals surface area contributed by atoms with E-state index in [0.717, 1.165) is 29.6 Å². The first kappa shape index (κ1) is 17.1. The Morgan fingerprint density at radius 3 is 2.65 bits per heavy atom. The number of fused-ring (bicyclic) bond motifs is 1. The van der Waals surface area contributed by atoms with Gasteiger partial charge < -0.3 is 10.7 Å². The summed E-state index contributed by atoms with van der Waals surface area (Å²) in [6.07, 6.45) is 7.15. The molecule has 0 spiro atoms. The van der Waals surface area contributed by atoms with Gasteiger partial charge in [0.2, 0.25) is 0 Å². The minimum absolute atomic E-state index is 0.0805. The molecule has 0 bridgehead atoms. The van der Waals surface area contributed by atoms with Gasteiger partial charge in [0.05, 0.1) is 0 Å². The average Bonchev–Trinajstić information content (AvgIpc) is 2.47. The van der Waals surface area contributed by atoms with Crippen LogP contribution in [0.3, 0.4) is 0 Å². The smallest absolute Gasteiger partial charge is 0.193 e. The van der Waals surface area contributed by atoms with E-state index in [2.05, 4.69) is 37.9 Å². The zero-order chi connectivity index (χ0) is 17.0. The fourth-order valence-electron chi connectivity index (χ4n) is 2.68. The van der Waals surface area contributed by atoms with Crippen LogP contribution in [0.4, 0.5) is 5.69 Å². The van der Waals surface area contributed by atoms with Crippen molar-refractivity contribution >= 4 is 16.6 Å². The highest BCUT2D eigenvalue weighted by molar-refractivity contribution is 5.82. The topological polar surface area (TPSA) is 58.9 Å². The van der Waals surface area contributed by atoms with E-state index in [-0.39, 0.29) is 5.43 Å². The molecule has 2 rings (SSSR count). The number of benzene rings is 1. The molecule has 0 aliphatic carbocycles. The molecule has 3 heteroatoms. The highest BCUT2D eigenvalue weighted by Gasteiger charge is 2.08.